The number of piperidine rings is 1. The van der Waals surface area contributed by atoms with E-state index >= 15 is 0 Å². The summed E-state index contributed by atoms with van der Waals surface area (Å²) in [7, 11) is 0.714. The van der Waals surface area contributed by atoms with Gasteiger partial charge in [-0.05, 0) is 32.4 Å². The molecule has 0 aromatic heterocycles. The molecule has 0 amide bonds. The van der Waals surface area contributed by atoms with E-state index < -0.39 is 10.2 Å². The van der Waals surface area contributed by atoms with Gasteiger partial charge in [0.1, 0.15) is 0 Å². The molecule has 18 heavy (non-hydrogen) atoms. The lowest BCUT2D eigenvalue weighted by molar-refractivity contribution is 0.239. The second-order valence-corrected chi connectivity index (χ2v) is 7.94. The van der Waals surface area contributed by atoms with Crippen molar-refractivity contribution in [3.63, 3.8) is 0 Å². The molecule has 1 heterocycles. The van der Waals surface area contributed by atoms with Crippen LogP contribution in [0.4, 0.5) is 0 Å². The second-order valence-electron chi connectivity index (χ2n) is 6.19. The Kier molecular flexibility index (Phi) is 5.58. The van der Waals surface area contributed by atoms with Crippen LogP contribution in [0, 0.1) is 5.41 Å². The van der Waals surface area contributed by atoms with Gasteiger partial charge in [0.25, 0.3) is 10.2 Å². The molecule has 1 fully saturated rings. The van der Waals surface area contributed by atoms with Gasteiger partial charge in [-0.2, -0.15) is 12.7 Å². The molecular formula is C12H27N3O2S. The Hall–Kier alpha value is -0.170. The van der Waals surface area contributed by atoms with Crippen molar-refractivity contribution in [2.75, 3.05) is 40.3 Å². The lowest BCUT2D eigenvalue weighted by atomic mass is 9.93. The molecule has 0 saturated carbocycles. The van der Waals surface area contributed by atoms with Gasteiger partial charge in [-0.25, -0.2) is 4.72 Å². The van der Waals surface area contributed by atoms with Gasteiger partial charge in [-0.1, -0.05) is 20.3 Å². The molecule has 0 aliphatic carbocycles. The molecule has 0 radical (unpaired) electrons. The smallest absolute Gasteiger partial charge is 0.279 e. The fourth-order valence-corrected chi connectivity index (χ4v) is 3.89. The summed E-state index contributed by atoms with van der Waals surface area (Å²) in [6, 6.07) is 0. The van der Waals surface area contributed by atoms with E-state index in [1.54, 1.807) is 4.31 Å². The molecule has 1 rings (SSSR count). The van der Waals surface area contributed by atoms with Crippen LogP contribution < -0.4 is 4.72 Å². The van der Waals surface area contributed by atoms with Crippen molar-refractivity contribution >= 4 is 10.2 Å². The normalized spacial score (nSPS) is 19.4. The summed E-state index contributed by atoms with van der Waals surface area (Å²) in [6.45, 7) is 6.80. The third-order valence-corrected chi connectivity index (χ3v) is 4.69. The van der Waals surface area contributed by atoms with E-state index in [0.717, 1.165) is 25.8 Å². The minimum Gasteiger partial charge on any atom is -0.309 e. The Morgan fingerprint density at radius 1 is 1.17 bits per heavy atom. The number of hydrogen-bond acceptors (Lipinski definition) is 3. The first kappa shape index (κ1) is 15.9. The highest BCUT2D eigenvalue weighted by molar-refractivity contribution is 7.87. The molecule has 1 N–H and O–H groups in total. The second kappa shape index (κ2) is 6.32. The number of hydrogen-bond donors (Lipinski definition) is 1. The number of rotatable bonds is 6. The molecule has 1 aliphatic rings. The summed E-state index contributed by atoms with van der Waals surface area (Å²) in [6.07, 6.45) is 3.09. The van der Waals surface area contributed by atoms with Crippen LogP contribution in [-0.2, 0) is 10.2 Å². The van der Waals surface area contributed by atoms with Crippen molar-refractivity contribution in [1.82, 2.24) is 13.9 Å². The fraction of sp³-hybridized carbons (Fsp3) is 1.00. The quantitative estimate of drug-likeness (QED) is 0.784. The van der Waals surface area contributed by atoms with Crippen molar-refractivity contribution < 1.29 is 8.42 Å². The van der Waals surface area contributed by atoms with Crippen molar-refractivity contribution in [2.24, 2.45) is 5.41 Å². The van der Waals surface area contributed by atoms with Crippen molar-refractivity contribution in [1.29, 1.82) is 0 Å². The molecule has 1 saturated heterocycles. The van der Waals surface area contributed by atoms with Gasteiger partial charge in [0.2, 0.25) is 0 Å². The summed E-state index contributed by atoms with van der Waals surface area (Å²) < 4.78 is 28.6. The largest absolute Gasteiger partial charge is 0.309 e. The summed E-state index contributed by atoms with van der Waals surface area (Å²) >= 11 is 0. The van der Waals surface area contributed by atoms with Crippen molar-refractivity contribution in [2.45, 2.75) is 33.1 Å². The third-order valence-electron chi connectivity index (χ3n) is 3.13. The van der Waals surface area contributed by atoms with Crippen LogP contribution in [0.15, 0.2) is 0 Å². The average Bonchev–Trinajstić information content (AvgIpc) is 2.26. The first-order valence-electron chi connectivity index (χ1n) is 6.62. The molecule has 0 atom stereocenters. The molecule has 0 aromatic carbocycles. The van der Waals surface area contributed by atoms with E-state index in [2.05, 4.69) is 23.5 Å². The molecule has 0 aromatic rings. The minimum absolute atomic E-state index is 0.0631. The van der Waals surface area contributed by atoms with E-state index in [1.807, 2.05) is 14.1 Å². The van der Waals surface area contributed by atoms with Crippen LogP contribution in [0.1, 0.15) is 33.1 Å². The standard InChI is InChI=1S/C12H27N3O2S/c1-12(2,11-14(3)4)10-13-18(16,17)15-8-6-5-7-9-15/h13H,5-11H2,1-4H3. The van der Waals surface area contributed by atoms with Gasteiger partial charge in [-0.3, -0.25) is 0 Å². The van der Waals surface area contributed by atoms with E-state index in [1.165, 1.54) is 0 Å². The van der Waals surface area contributed by atoms with E-state index in [0.29, 0.717) is 19.6 Å². The summed E-state index contributed by atoms with van der Waals surface area (Å²) in [5.41, 5.74) is -0.0631. The predicted octanol–water partition coefficient (Wildman–Crippen LogP) is 0.895. The molecule has 0 unspecified atom stereocenters. The highest BCUT2D eigenvalue weighted by Gasteiger charge is 2.27. The first-order valence-corrected chi connectivity index (χ1v) is 8.06. The Morgan fingerprint density at radius 3 is 2.22 bits per heavy atom. The van der Waals surface area contributed by atoms with Crippen molar-refractivity contribution in [3.05, 3.63) is 0 Å². The fourth-order valence-electron chi connectivity index (χ4n) is 2.40. The SMILES string of the molecule is CN(C)CC(C)(C)CNS(=O)(=O)N1CCCCC1. The number of nitrogens with zero attached hydrogens (tertiary/aromatic N) is 2. The zero-order chi connectivity index (χ0) is 13.8. The van der Waals surface area contributed by atoms with Gasteiger partial charge >= 0.3 is 0 Å². The van der Waals surface area contributed by atoms with Gasteiger partial charge in [-0.15, -0.1) is 0 Å². The van der Waals surface area contributed by atoms with Gasteiger partial charge in [0.05, 0.1) is 0 Å². The maximum atomic E-state index is 12.1. The Labute approximate surface area is 112 Å². The highest BCUT2D eigenvalue weighted by Crippen LogP contribution is 2.16. The first-order chi connectivity index (χ1) is 8.23. The zero-order valence-electron chi connectivity index (χ0n) is 12.1. The van der Waals surface area contributed by atoms with Crippen LogP contribution in [0.2, 0.25) is 0 Å². The Balaban J connectivity index is 2.50. The van der Waals surface area contributed by atoms with Crippen molar-refractivity contribution in [3.8, 4) is 0 Å². The lowest BCUT2D eigenvalue weighted by Crippen LogP contribution is -2.47. The topological polar surface area (TPSA) is 52.7 Å². The molecule has 1 aliphatic heterocycles. The lowest BCUT2D eigenvalue weighted by Gasteiger charge is -2.31. The molecule has 108 valence electrons. The maximum absolute atomic E-state index is 12.1. The zero-order valence-corrected chi connectivity index (χ0v) is 12.9. The molecule has 0 bridgehead atoms. The van der Waals surface area contributed by atoms with Crippen LogP contribution in [0.25, 0.3) is 0 Å². The van der Waals surface area contributed by atoms with E-state index in [4.69, 9.17) is 0 Å². The molecule has 6 heteroatoms. The third kappa shape index (κ3) is 5.22. The minimum atomic E-state index is -3.29. The van der Waals surface area contributed by atoms with E-state index in [-0.39, 0.29) is 5.41 Å². The van der Waals surface area contributed by atoms with Crippen LogP contribution in [0.5, 0.6) is 0 Å². The maximum Gasteiger partial charge on any atom is 0.279 e. The molecule has 0 spiro atoms. The molecular weight excluding hydrogens is 250 g/mol. The van der Waals surface area contributed by atoms with Crippen LogP contribution in [-0.4, -0.2) is 57.9 Å². The average molecular weight is 277 g/mol. The predicted molar refractivity (Wildman–Crippen MR) is 74.7 cm³/mol. The summed E-state index contributed by atoms with van der Waals surface area (Å²) in [5, 5.41) is 0. The van der Waals surface area contributed by atoms with Gasteiger partial charge in [0.15, 0.2) is 0 Å². The van der Waals surface area contributed by atoms with Crippen LogP contribution >= 0.6 is 0 Å². The van der Waals surface area contributed by atoms with Gasteiger partial charge < -0.3 is 4.90 Å². The van der Waals surface area contributed by atoms with Gasteiger partial charge in [0, 0.05) is 26.2 Å². The summed E-state index contributed by atoms with van der Waals surface area (Å²) in [4.78, 5) is 2.08. The Morgan fingerprint density at radius 2 is 1.72 bits per heavy atom. The van der Waals surface area contributed by atoms with E-state index in [9.17, 15) is 8.42 Å². The monoisotopic (exact) mass is 277 g/mol. The van der Waals surface area contributed by atoms with Crippen LogP contribution in [0.3, 0.4) is 0 Å². The molecule has 5 nitrogen and oxygen atoms in total. The Bertz CT molecular complexity index is 346. The number of nitrogens with one attached hydrogen (secondary N) is 1. The summed E-state index contributed by atoms with van der Waals surface area (Å²) in [5.74, 6) is 0. The highest BCUT2D eigenvalue weighted by atomic mass is 32.2.